The highest BCUT2D eigenvalue weighted by atomic mass is 16.5. The molecule has 0 heterocycles. The van der Waals surface area contributed by atoms with Crippen molar-refractivity contribution in [3.63, 3.8) is 0 Å². The number of hydrogen-bond acceptors (Lipinski definition) is 5. The predicted octanol–water partition coefficient (Wildman–Crippen LogP) is 9.98. The fourth-order valence-electron chi connectivity index (χ4n) is 6.04. The molecular weight excluding hydrogens is 622 g/mol. The van der Waals surface area contributed by atoms with E-state index in [1.165, 1.54) is 128 Å². The van der Waals surface area contributed by atoms with Crippen LogP contribution in [0.5, 0.6) is 0 Å². The number of amides is 3. The maximum Gasteiger partial charge on any atom is 0.405 e. The molecule has 0 rings (SSSR count). The molecule has 10 nitrogen and oxygen atoms in total. The van der Waals surface area contributed by atoms with Crippen LogP contribution in [0.25, 0.3) is 0 Å². The molecule has 0 aromatic heterocycles. The number of rotatable bonds is 38. The van der Waals surface area contributed by atoms with Gasteiger partial charge in [0.2, 0.25) is 5.91 Å². The number of hydrogen-bond donors (Lipinski definition) is 5. The Morgan fingerprint density at radius 2 is 0.980 bits per heavy atom. The second-order valence-electron chi connectivity index (χ2n) is 13.8. The zero-order valence-electron chi connectivity index (χ0n) is 31.7. The topological polar surface area (TPSA) is 146 Å². The molecule has 290 valence electrons. The summed E-state index contributed by atoms with van der Waals surface area (Å²) >= 11 is 0. The molecule has 0 aliphatic heterocycles. The van der Waals surface area contributed by atoms with Crippen molar-refractivity contribution in [2.45, 2.75) is 199 Å². The van der Waals surface area contributed by atoms with Crippen LogP contribution in [0.4, 0.5) is 9.59 Å². The van der Waals surface area contributed by atoms with Crippen LogP contribution in [-0.2, 0) is 14.3 Å². The van der Waals surface area contributed by atoms with Crippen molar-refractivity contribution in [1.29, 1.82) is 0 Å². The minimum atomic E-state index is -1.27. The van der Waals surface area contributed by atoms with Crippen LogP contribution in [0.2, 0.25) is 0 Å². The smallest absolute Gasteiger partial charge is 0.405 e. The molecule has 0 saturated carbocycles. The van der Waals surface area contributed by atoms with Crippen LogP contribution in [0, 0.1) is 0 Å². The van der Waals surface area contributed by atoms with Gasteiger partial charge in [-0.25, -0.2) is 9.59 Å². The van der Waals surface area contributed by atoms with Gasteiger partial charge >= 0.3 is 12.2 Å². The number of ether oxygens (including phenoxy) is 2. The highest BCUT2D eigenvalue weighted by molar-refractivity contribution is 5.85. The summed E-state index contributed by atoms with van der Waals surface area (Å²) in [5.74, 6) is -0.409. The average Bonchev–Trinajstić information content (AvgIpc) is 3.07. The van der Waals surface area contributed by atoms with E-state index in [1.807, 2.05) is 0 Å². The van der Waals surface area contributed by atoms with Gasteiger partial charge in [0, 0.05) is 26.3 Å². The highest BCUT2D eigenvalue weighted by Crippen LogP contribution is 2.14. The Bertz CT molecular complexity index is 756. The number of unbranched alkanes of at least 4 members (excludes halogenated alkanes) is 23. The van der Waals surface area contributed by atoms with E-state index < -0.39 is 24.1 Å². The Morgan fingerprint density at radius 1 is 0.531 bits per heavy atom. The van der Waals surface area contributed by atoms with E-state index in [9.17, 15) is 19.5 Å². The highest BCUT2D eigenvalue weighted by Gasteiger charge is 2.21. The predicted molar refractivity (Wildman–Crippen MR) is 201 cm³/mol. The van der Waals surface area contributed by atoms with Gasteiger partial charge in [-0.1, -0.05) is 155 Å². The second kappa shape index (κ2) is 37.2. The number of nitrogens with one attached hydrogen (secondary N) is 3. The van der Waals surface area contributed by atoms with Crippen molar-refractivity contribution < 1.29 is 34.1 Å². The normalized spacial score (nSPS) is 12.4. The van der Waals surface area contributed by atoms with Crippen LogP contribution >= 0.6 is 0 Å². The molecule has 0 radical (unpaired) electrons. The lowest BCUT2D eigenvalue weighted by Gasteiger charge is -2.21. The van der Waals surface area contributed by atoms with Crippen LogP contribution < -0.4 is 16.0 Å². The minimum absolute atomic E-state index is 0.244. The zero-order chi connectivity index (χ0) is 36.0. The van der Waals surface area contributed by atoms with Gasteiger partial charge in [0.25, 0.3) is 0 Å². The van der Waals surface area contributed by atoms with Crippen molar-refractivity contribution in [1.82, 2.24) is 16.0 Å². The number of carbonyl (C=O) groups excluding carboxylic acids is 1. The summed E-state index contributed by atoms with van der Waals surface area (Å²) in [6.07, 6.45) is 29.4. The SMILES string of the molecule is CCCCCCCCCCCCCCOCC(CNC(=O)[C@@H](CCCCNC(=O)O)NC(=O)O)OCCCCCCCCCCCCCC. The molecule has 0 aromatic carbocycles. The molecule has 0 saturated heterocycles. The molecule has 0 bridgehead atoms. The van der Waals surface area contributed by atoms with Crippen molar-refractivity contribution in [3.05, 3.63) is 0 Å². The van der Waals surface area contributed by atoms with E-state index in [4.69, 9.17) is 14.6 Å². The Labute approximate surface area is 300 Å². The van der Waals surface area contributed by atoms with Crippen molar-refractivity contribution in [3.8, 4) is 0 Å². The maximum absolute atomic E-state index is 12.9. The molecule has 3 amide bonds. The summed E-state index contributed by atoms with van der Waals surface area (Å²) in [6, 6.07) is -0.915. The molecule has 5 N–H and O–H groups in total. The fourth-order valence-corrected chi connectivity index (χ4v) is 6.04. The van der Waals surface area contributed by atoms with E-state index in [-0.39, 0.29) is 25.6 Å². The summed E-state index contributed by atoms with van der Waals surface area (Å²) in [4.78, 5) is 34.9. The third kappa shape index (κ3) is 35.6. The first-order valence-electron chi connectivity index (χ1n) is 20.3. The van der Waals surface area contributed by atoms with Crippen molar-refractivity contribution >= 4 is 18.1 Å². The lowest BCUT2D eigenvalue weighted by Crippen LogP contribution is -2.48. The molecule has 49 heavy (non-hydrogen) atoms. The van der Waals surface area contributed by atoms with Crippen LogP contribution in [0.1, 0.15) is 187 Å². The molecule has 2 atom stereocenters. The van der Waals surface area contributed by atoms with Gasteiger partial charge in [0.15, 0.2) is 0 Å². The van der Waals surface area contributed by atoms with E-state index in [0.29, 0.717) is 32.7 Å². The van der Waals surface area contributed by atoms with Gasteiger partial charge < -0.3 is 35.6 Å². The van der Waals surface area contributed by atoms with Gasteiger partial charge in [0.05, 0.1) is 12.7 Å². The zero-order valence-corrected chi connectivity index (χ0v) is 31.7. The summed E-state index contributed by atoms with van der Waals surface area (Å²) in [7, 11) is 0. The van der Waals surface area contributed by atoms with Crippen molar-refractivity contribution in [2.24, 2.45) is 0 Å². The quantitative estimate of drug-likeness (QED) is 0.0403. The Kier molecular flexibility index (Phi) is 35.6. The Hall–Kier alpha value is -2.07. The summed E-state index contributed by atoms with van der Waals surface area (Å²) in [6.45, 7) is 6.66. The van der Waals surface area contributed by atoms with E-state index in [0.717, 1.165) is 25.7 Å². The van der Waals surface area contributed by atoms with Crippen LogP contribution in [0.3, 0.4) is 0 Å². The molecule has 0 aliphatic carbocycles. The summed E-state index contributed by atoms with van der Waals surface area (Å²) in [5, 5.41) is 25.4. The first kappa shape index (κ1) is 46.9. The fraction of sp³-hybridized carbons (Fsp3) is 0.923. The molecule has 0 aliphatic rings. The first-order valence-corrected chi connectivity index (χ1v) is 20.3. The van der Waals surface area contributed by atoms with Gasteiger partial charge in [-0.05, 0) is 32.1 Å². The van der Waals surface area contributed by atoms with Gasteiger partial charge in [0.1, 0.15) is 6.04 Å². The number of carboxylic acid groups (broad SMARTS) is 2. The van der Waals surface area contributed by atoms with E-state index >= 15 is 0 Å². The molecule has 1 unspecified atom stereocenters. The van der Waals surface area contributed by atoms with Gasteiger partial charge in [-0.2, -0.15) is 0 Å². The molecule has 0 fully saturated rings. The molecule has 0 spiro atoms. The first-order chi connectivity index (χ1) is 23.9. The summed E-state index contributed by atoms with van der Waals surface area (Å²) in [5.41, 5.74) is 0. The number of carbonyl (C=O) groups is 3. The lowest BCUT2D eigenvalue weighted by atomic mass is 10.1. The standard InChI is InChI=1S/C39H77N3O7/c1-3-5-7-9-11-13-15-17-19-21-23-27-31-48-34-35(49-32-28-24-22-20-18-16-14-12-10-8-6-4-2)33-41-37(43)36(42-39(46)47)29-25-26-30-40-38(44)45/h35-36,40,42H,3-34H2,1-2H3,(H,41,43)(H,44,45)(H,46,47)/t35?,36-/m1/s1. The van der Waals surface area contributed by atoms with Gasteiger partial charge in [-0.3, -0.25) is 4.79 Å². The van der Waals surface area contributed by atoms with E-state index in [2.05, 4.69) is 29.8 Å². The maximum atomic E-state index is 12.9. The third-order valence-electron chi connectivity index (χ3n) is 9.11. The Morgan fingerprint density at radius 3 is 1.43 bits per heavy atom. The van der Waals surface area contributed by atoms with Crippen LogP contribution in [-0.4, -0.2) is 73.4 Å². The minimum Gasteiger partial charge on any atom is -0.465 e. The monoisotopic (exact) mass is 700 g/mol. The van der Waals surface area contributed by atoms with Crippen LogP contribution in [0.15, 0.2) is 0 Å². The largest absolute Gasteiger partial charge is 0.465 e. The Balaban J connectivity index is 4.44. The van der Waals surface area contributed by atoms with E-state index in [1.54, 1.807) is 0 Å². The molecule has 0 aromatic rings. The second-order valence-corrected chi connectivity index (χ2v) is 13.8. The average molecular weight is 700 g/mol. The third-order valence-corrected chi connectivity index (χ3v) is 9.11. The molecule has 10 heteroatoms. The van der Waals surface area contributed by atoms with Gasteiger partial charge in [-0.15, -0.1) is 0 Å². The lowest BCUT2D eigenvalue weighted by molar-refractivity contribution is -0.124. The van der Waals surface area contributed by atoms with Crippen molar-refractivity contribution in [2.75, 3.05) is 32.9 Å². The molecular formula is C39H77N3O7. The summed E-state index contributed by atoms with van der Waals surface area (Å²) < 4.78 is 12.1.